The number of fused-ring (bicyclic) bond motifs is 1. The van der Waals surface area contributed by atoms with Gasteiger partial charge in [-0.2, -0.15) is 0 Å². The van der Waals surface area contributed by atoms with E-state index < -0.39 is 0 Å². The van der Waals surface area contributed by atoms with Gasteiger partial charge in [-0.15, -0.1) is 11.3 Å². The molecule has 0 bridgehead atoms. The van der Waals surface area contributed by atoms with E-state index in [4.69, 9.17) is 14.5 Å². The predicted octanol–water partition coefficient (Wildman–Crippen LogP) is 3.61. The summed E-state index contributed by atoms with van der Waals surface area (Å²) in [5, 5.41) is 1.01. The molecule has 2 unspecified atom stereocenters. The van der Waals surface area contributed by atoms with Crippen molar-refractivity contribution in [2.24, 2.45) is 0 Å². The Morgan fingerprint density at radius 2 is 2.20 bits per heavy atom. The van der Waals surface area contributed by atoms with Crippen molar-refractivity contribution in [2.75, 3.05) is 13.2 Å². The molecule has 0 fully saturated rings. The molecule has 1 aromatic heterocycles. The minimum Gasteiger partial charge on any atom is -0.465 e. The lowest BCUT2D eigenvalue weighted by atomic mass is 9.91. The number of thiazole rings is 1. The standard InChI is InChI=1S/C15H23NO3S/c1-4-11(18-5-2)14-16-13-10(15(17)19-6-3)8-7-9-12(13)20-14/h10-11H,4-9H2,1-3H3. The topological polar surface area (TPSA) is 48.4 Å². The molecule has 0 saturated carbocycles. The molecular weight excluding hydrogens is 274 g/mol. The van der Waals surface area contributed by atoms with Crippen LogP contribution in [0.15, 0.2) is 0 Å². The molecule has 2 atom stereocenters. The summed E-state index contributed by atoms with van der Waals surface area (Å²) in [7, 11) is 0. The van der Waals surface area contributed by atoms with Crippen molar-refractivity contribution in [1.82, 2.24) is 4.98 Å². The second kappa shape index (κ2) is 7.18. The normalized spacial score (nSPS) is 19.4. The first-order valence-electron chi connectivity index (χ1n) is 7.48. The highest BCUT2D eigenvalue weighted by Crippen LogP contribution is 2.38. The third-order valence-corrected chi connectivity index (χ3v) is 4.78. The zero-order chi connectivity index (χ0) is 14.5. The van der Waals surface area contributed by atoms with Gasteiger partial charge in [-0.05, 0) is 39.5 Å². The second-order valence-corrected chi connectivity index (χ2v) is 6.02. The molecule has 20 heavy (non-hydrogen) atoms. The lowest BCUT2D eigenvalue weighted by Gasteiger charge is -2.19. The van der Waals surface area contributed by atoms with E-state index in [0.29, 0.717) is 13.2 Å². The van der Waals surface area contributed by atoms with E-state index in [1.54, 1.807) is 11.3 Å². The number of carbonyl (C=O) groups is 1. The van der Waals surface area contributed by atoms with Crippen LogP contribution in [-0.2, 0) is 20.7 Å². The van der Waals surface area contributed by atoms with Crippen molar-refractivity contribution in [3.05, 3.63) is 15.6 Å². The largest absolute Gasteiger partial charge is 0.465 e. The first-order chi connectivity index (χ1) is 9.71. The van der Waals surface area contributed by atoms with E-state index in [1.165, 1.54) is 4.88 Å². The number of esters is 1. The summed E-state index contributed by atoms with van der Waals surface area (Å²) in [4.78, 5) is 18.0. The van der Waals surface area contributed by atoms with Crippen LogP contribution in [-0.4, -0.2) is 24.2 Å². The van der Waals surface area contributed by atoms with E-state index in [1.807, 2.05) is 13.8 Å². The van der Waals surface area contributed by atoms with Crippen LogP contribution in [0.25, 0.3) is 0 Å². The molecule has 5 heteroatoms. The number of nitrogens with zero attached hydrogens (tertiary/aromatic N) is 1. The highest BCUT2D eigenvalue weighted by molar-refractivity contribution is 7.11. The SMILES string of the molecule is CCOC(=O)C1CCCc2sc(C(CC)OCC)nc21. The maximum Gasteiger partial charge on any atom is 0.315 e. The number of carbonyl (C=O) groups excluding carboxylic acids is 1. The average molecular weight is 297 g/mol. The fourth-order valence-corrected chi connectivity index (χ4v) is 3.91. The quantitative estimate of drug-likeness (QED) is 0.753. The third kappa shape index (κ3) is 3.20. The number of hydrogen-bond donors (Lipinski definition) is 0. The van der Waals surface area contributed by atoms with E-state index in [-0.39, 0.29) is 18.0 Å². The smallest absolute Gasteiger partial charge is 0.315 e. The Morgan fingerprint density at radius 1 is 1.40 bits per heavy atom. The van der Waals surface area contributed by atoms with E-state index in [0.717, 1.165) is 36.4 Å². The fraction of sp³-hybridized carbons (Fsp3) is 0.733. The van der Waals surface area contributed by atoms with Crippen molar-refractivity contribution in [3.8, 4) is 0 Å². The van der Waals surface area contributed by atoms with Crippen molar-refractivity contribution < 1.29 is 14.3 Å². The van der Waals surface area contributed by atoms with Gasteiger partial charge in [-0.3, -0.25) is 4.79 Å². The van der Waals surface area contributed by atoms with Gasteiger partial charge in [0.05, 0.1) is 12.3 Å². The zero-order valence-corrected chi connectivity index (χ0v) is 13.3. The van der Waals surface area contributed by atoms with Gasteiger partial charge in [-0.25, -0.2) is 4.98 Å². The first-order valence-corrected chi connectivity index (χ1v) is 8.30. The first kappa shape index (κ1) is 15.4. The van der Waals surface area contributed by atoms with Gasteiger partial charge in [0.2, 0.25) is 0 Å². The highest BCUT2D eigenvalue weighted by Gasteiger charge is 2.32. The summed E-state index contributed by atoms with van der Waals surface area (Å²) in [6.07, 6.45) is 3.86. The summed E-state index contributed by atoms with van der Waals surface area (Å²) in [6.45, 7) is 7.06. The summed E-state index contributed by atoms with van der Waals surface area (Å²) >= 11 is 1.70. The zero-order valence-electron chi connectivity index (χ0n) is 12.5. The Hall–Kier alpha value is -0.940. The molecule has 1 heterocycles. The number of ether oxygens (including phenoxy) is 2. The lowest BCUT2D eigenvalue weighted by molar-refractivity contribution is -0.145. The summed E-state index contributed by atoms with van der Waals surface area (Å²) in [6, 6.07) is 0. The van der Waals surface area contributed by atoms with Crippen LogP contribution in [0.4, 0.5) is 0 Å². The second-order valence-electron chi connectivity index (χ2n) is 4.91. The van der Waals surface area contributed by atoms with Gasteiger partial charge in [0.1, 0.15) is 17.0 Å². The molecule has 1 aliphatic rings. The van der Waals surface area contributed by atoms with Crippen molar-refractivity contribution in [3.63, 3.8) is 0 Å². The molecule has 0 spiro atoms. The van der Waals surface area contributed by atoms with Gasteiger partial charge in [0, 0.05) is 11.5 Å². The lowest BCUT2D eigenvalue weighted by Crippen LogP contribution is -2.20. The number of hydrogen-bond acceptors (Lipinski definition) is 5. The van der Waals surface area contributed by atoms with Gasteiger partial charge in [0.25, 0.3) is 0 Å². The minimum atomic E-state index is -0.178. The Morgan fingerprint density at radius 3 is 2.85 bits per heavy atom. The van der Waals surface area contributed by atoms with Gasteiger partial charge < -0.3 is 9.47 Å². The minimum absolute atomic E-state index is 0.0541. The van der Waals surface area contributed by atoms with Crippen LogP contribution in [0.1, 0.15) is 67.6 Å². The maximum atomic E-state index is 12.0. The van der Waals surface area contributed by atoms with Gasteiger partial charge in [-0.1, -0.05) is 6.92 Å². The van der Waals surface area contributed by atoms with Gasteiger partial charge in [0.15, 0.2) is 0 Å². The number of rotatable bonds is 6. The van der Waals surface area contributed by atoms with Gasteiger partial charge >= 0.3 is 5.97 Å². The van der Waals surface area contributed by atoms with Crippen LogP contribution in [0.3, 0.4) is 0 Å². The highest BCUT2D eigenvalue weighted by atomic mass is 32.1. The molecule has 4 nitrogen and oxygen atoms in total. The molecule has 0 aliphatic heterocycles. The molecule has 1 aliphatic carbocycles. The summed E-state index contributed by atoms with van der Waals surface area (Å²) in [5.41, 5.74) is 0.938. The van der Waals surface area contributed by atoms with Crippen LogP contribution in [0.2, 0.25) is 0 Å². The molecule has 1 aromatic rings. The van der Waals surface area contributed by atoms with E-state index >= 15 is 0 Å². The molecular formula is C15H23NO3S. The fourth-order valence-electron chi connectivity index (χ4n) is 2.61. The monoisotopic (exact) mass is 297 g/mol. The van der Waals surface area contributed by atoms with Crippen LogP contribution in [0.5, 0.6) is 0 Å². The summed E-state index contributed by atoms with van der Waals surface area (Å²) in [5.74, 6) is -0.308. The summed E-state index contributed by atoms with van der Waals surface area (Å²) < 4.78 is 10.9. The molecule has 0 radical (unpaired) electrons. The molecule has 0 amide bonds. The molecule has 112 valence electrons. The van der Waals surface area contributed by atoms with Crippen molar-refractivity contribution >= 4 is 17.3 Å². The molecule has 2 rings (SSSR count). The molecule has 0 N–H and O–H groups in total. The van der Waals surface area contributed by atoms with Crippen molar-refractivity contribution in [1.29, 1.82) is 0 Å². The Bertz CT molecular complexity index is 458. The Balaban J connectivity index is 2.23. The van der Waals surface area contributed by atoms with Crippen molar-refractivity contribution in [2.45, 2.75) is 58.5 Å². The number of aryl methyl sites for hydroxylation is 1. The molecule has 0 saturated heterocycles. The van der Waals surface area contributed by atoms with E-state index in [2.05, 4.69) is 6.92 Å². The van der Waals surface area contributed by atoms with Crippen LogP contribution >= 0.6 is 11.3 Å². The third-order valence-electron chi connectivity index (χ3n) is 3.56. The molecule has 0 aromatic carbocycles. The predicted molar refractivity (Wildman–Crippen MR) is 79.1 cm³/mol. The van der Waals surface area contributed by atoms with Crippen LogP contribution < -0.4 is 0 Å². The Kier molecular flexibility index (Phi) is 5.54. The maximum absolute atomic E-state index is 12.0. The average Bonchev–Trinajstić information content (AvgIpc) is 2.88. The van der Waals surface area contributed by atoms with Crippen LogP contribution in [0, 0.1) is 0 Å². The Labute approximate surface area is 124 Å². The van der Waals surface area contributed by atoms with E-state index in [9.17, 15) is 4.79 Å². The number of aromatic nitrogens is 1.